The minimum absolute atomic E-state index is 0.0349. The fourth-order valence-corrected chi connectivity index (χ4v) is 4.62. The summed E-state index contributed by atoms with van der Waals surface area (Å²) in [5.41, 5.74) is 1.27. The van der Waals surface area contributed by atoms with Crippen molar-refractivity contribution in [3.63, 3.8) is 0 Å². The second-order valence-electron chi connectivity index (χ2n) is 8.14. The number of carbonyl (C=O) groups is 2. The number of benzene rings is 4. The molecule has 5 rings (SSSR count). The largest absolute Gasteiger partial charge is 0.508 e. The highest BCUT2D eigenvalue weighted by Gasteiger charge is 2.47. The van der Waals surface area contributed by atoms with Crippen LogP contribution in [0.4, 0.5) is 5.69 Å². The van der Waals surface area contributed by atoms with Crippen LogP contribution in [0.15, 0.2) is 90.5 Å². The van der Waals surface area contributed by atoms with Gasteiger partial charge in [0.25, 0.3) is 11.7 Å². The Labute approximate surface area is 206 Å². The second-order valence-corrected chi connectivity index (χ2v) is 8.55. The Balaban J connectivity index is 1.72. The maximum atomic E-state index is 13.3. The standard InChI is InChI=1S/C28H20ClNO5/c1-35-23-13-10-20(15-22(23)29)30-25(17-8-11-21(31)12-9-17)24(27(33)28(30)34)26(32)19-7-6-16-4-2-3-5-18(16)14-19/h2-15,25,31-32H,1H3/b26-24-. The number of aliphatic hydroxyl groups is 1. The highest BCUT2D eigenvalue weighted by atomic mass is 35.5. The molecule has 1 aliphatic rings. The third kappa shape index (κ3) is 3.88. The van der Waals surface area contributed by atoms with Crippen LogP contribution < -0.4 is 9.64 Å². The first-order chi connectivity index (χ1) is 16.9. The first kappa shape index (κ1) is 22.5. The van der Waals surface area contributed by atoms with Gasteiger partial charge in [0.1, 0.15) is 17.3 Å². The summed E-state index contributed by atoms with van der Waals surface area (Å²) < 4.78 is 5.21. The van der Waals surface area contributed by atoms with Crippen molar-refractivity contribution in [3.8, 4) is 11.5 Å². The van der Waals surface area contributed by atoms with Crippen molar-refractivity contribution in [2.75, 3.05) is 12.0 Å². The SMILES string of the molecule is COc1ccc(N2C(=O)C(=O)/C(=C(\O)c3ccc4ccccc4c3)C2c2ccc(O)cc2)cc1Cl. The molecule has 35 heavy (non-hydrogen) atoms. The third-order valence-corrected chi connectivity index (χ3v) is 6.39. The Morgan fingerprint density at radius 3 is 2.31 bits per heavy atom. The van der Waals surface area contributed by atoms with Crippen LogP contribution in [0.1, 0.15) is 17.2 Å². The zero-order valence-electron chi connectivity index (χ0n) is 18.6. The number of fused-ring (bicyclic) bond motifs is 1. The minimum atomic E-state index is -0.938. The fraction of sp³-hybridized carbons (Fsp3) is 0.0714. The van der Waals surface area contributed by atoms with E-state index in [4.69, 9.17) is 16.3 Å². The normalized spacial score (nSPS) is 17.2. The van der Waals surface area contributed by atoms with Crippen LogP contribution in [0.5, 0.6) is 11.5 Å². The summed E-state index contributed by atoms with van der Waals surface area (Å²) in [4.78, 5) is 27.9. The molecule has 174 valence electrons. The van der Waals surface area contributed by atoms with Gasteiger partial charge in [0.2, 0.25) is 0 Å². The molecule has 6 nitrogen and oxygen atoms in total. The lowest BCUT2D eigenvalue weighted by Gasteiger charge is -2.26. The van der Waals surface area contributed by atoms with Gasteiger partial charge in [0, 0.05) is 11.3 Å². The number of aromatic hydroxyl groups is 1. The van der Waals surface area contributed by atoms with E-state index in [1.807, 2.05) is 30.3 Å². The second kappa shape index (κ2) is 8.81. The van der Waals surface area contributed by atoms with Gasteiger partial charge in [0.05, 0.1) is 23.7 Å². The van der Waals surface area contributed by atoms with Gasteiger partial charge < -0.3 is 14.9 Å². The van der Waals surface area contributed by atoms with Crippen molar-refractivity contribution in [3.05, 3.63) is 107 Å². The lowest BCUT2D eigenvalue weighted by atomic mass is 9.94. The number of aliphatic hydroxyl groups excluding tert-OH is 1. The summed E-state index contributed by atoms with van der Waals surface area (Å²) >= 11 is 6.31. The van der Waals surface area contributed by atoms with Crippen LogP contribution in [0.3, 0.4) is 0 Å². The summed E-state index contributed by atoms with van der Waals surface area (Å²) in [6, 6.07) is 23.0. The highest BCUT2D eigenvalue weighted by Crippen LogP contribution is 2.44. The molecule has 1 heterocycles. The summed E-state index contributed by atoms with van der Waals surface area (Å²) in [5, 5.41) is 23.3. The lowest BCUT2D eigenvalue weighted by molar-refractivity contribution is -0.132. The minimum Gasteiger partial charge on any atom is -0.508 e. The number of Topliss-reactive ketones (excluding diaryl/α,β-unsaturated/α-hetero) is 1. The number of methoxy groups -OCH3 is 1. The number of ether oxygens (including phenoxy) is 1. The van der Waals surface area contributed by atoms with Crippen LogP contribution in [-0.4, -0.2) is 29.0 Å². The molecule has 0 radical (unpaired) electrons. The van der Waals surface area contributed by atoms with Crippen LogP contribution in [0.25, 0.3) is 16.5 Å². The van der Waals surface area contributed by atoms with E-state index in [9.17, 15) is 19.8 Å². The smallest absolute Gasteiger partial charge is 0.300 e. The number of amides is 1. The Bertz CT molecular complexity index is 1510. The van der Waals surface area contributed by atoms with Gasteiger partial charge in [0.15, 0.2) is 0 Å². The van der Waals surface area contributed by atoms with Gasteiger partial charge >= 0.3 is 0 Å². The zero-order chi connectivity index (χ0) is 24.7. The molecule has 0 aromatic heterocycles. The van der Waals surface area contributed by atoms with Crippen LogP contribution in [0, 0.1) is 0 Å². The molecule has 1 fully saturated rings. The van der Waals surface area contributed by atoms with E-state index in [1.54, 1.807) is 36.4 Å². The number of anilines is 1. The molecule has 2 N–H and O–H groups in total. The molecule has 0 saturated carbocycles. The number of rotatable bonds is 4. The number of hydrogen-bond acceptors (Lipinski definition) is 5. The van der Waals surface area contributed by atoms with Gasteiger partial charge in [-0.15, -0.1) is 0 Å². The van der Waals surface area contributed by atoms with Crippen molar-refractivity contribution in [1.29, 1.82) is 0 Å². The molecule has 4 aromatic carbocycles. The van der Waals surface area contributed by atoms with E-state index >= 15 is 0 Å². The Morgan fingerprint density at radius 1 is 0.914 bits per heavy atom. The first-order valence-electron chi connectivity index (χ1n) is 10.8. The van der Waals surface area contributed by atoms with Crippen molar-refractivity contribution in [2.45, 2.75) is 6.04 Å². The fourth-order valence-electron chi connectivity index (χ4n) is 4.37. The molecular formula is C28H20ClNO5. The molecule has 4 aromatic rings. The van der Waals surface area contributed by atoms with E-state index in [0.29, 0.717) is 22.6 Å². The van der Waals surface area contributed by atoms with E-state index < -0.39 is 17.7 Å². The maximum absolute atomic E-state index is 13.3. The molecule has 1 atom stereocenters. The highest BCUT2D eigenvalue weighted by molar-refractivity contribution is 6.52. The monoisotopic (exact) mass is 485 g/mol. The first-order valence-corrected chi connectivity index (χ1v) is 11.2. The summed E-state index contributed by atoms with van der Waals surface area (Å²) in [5.74, 6) is -1.45. The Kier molecular flexibility index (Phi) is 5.67. The predicted molar refractivity (Wildman–Crippen MR) is 135 cm³/mol. The number of carbonyl (C=O) groups excluding carboxylic acids is 2. The molecule has 1 saturated heterocycles. The molecule has 1 amide bonds. The summed E-state index contributed by atoms with van der Waals surface area (Å²) in [7, 11) is 1.48. The molecule has 7 heteroatoms. The van der Waals surface area contributed by atoms with Gasteiger partial charge in [-0.2, -0.15) is 0 Å². The number of hydrogen-bond donors (Lipinski definition) is 2. The van der Waals surface area contributed by atoms with Crippen molar-refractivity contribution >= 4 is 45.5 Å². The number of halogens is 1. The molecule has 0 spiro atoms. The lowest BCUT2D eigenvalue weighted by Crippen LogP contribution is -2.29. The molecule has 0 bridgehead atoms. The van der Waals surface area contributed by atoms with Gasteiger partial charge in [-0.1, -0.05) is 60.1 Å². The van der Waals surface area contributed by atoms with Gasteiger partial charge in [-0.25, -0.2) is 0 Å². The van der Waals surface area contributed by atoms with E-state index in [1.165, 1.54) is 30.2 Å². The quantitative estimate of drug-likeness (QED) is 0.215. The molecular weight excluding hydrogens is 466 g/mol. The van der Waals surface area contributed by atoms with Crippen molar-refractivity contribution < 1.29 is 24.5 Å². The van der Waals surface area contributed by atoms with Crippen molar-refractivity contribution in [1.82, 2.24) is 0 Å². The number of ketones is 1. The summed E-state index contributed by atoms with van der Waals surface area (Å²) in [6.07, 6.45) is 0. The number of phenolic OH excluding ortho intramolecular Hbond substituents is 1. The molecule has 0 aliphatic carbocycles. The predicted octanol–water partition coefficient (Wildman–Crippen LogP) is 5.83. The van der Waals surface area contributed by atoms with Crippen molar-refractivity contribution in [2.24, 2.45) is 0 Å². The maximum Gasteiger partial charge on any atom is 0.300 e. The number of phenols is 1. The Morgan fingerprint density at radius 2 is 1.63 bits per heavy atom. The average molecular weight is 486 g/mol. The summed E-state index contributed by atoms with van der Waals surface area (Å²) in [6.45, 7) is 0. The zero-order valence-corrected chi connectivity index (χ0v) is 19.4. The van der Waals surface area contributed by atoms with Crippen LogP contribution in [0.2, 0.25) is 5.02 Å². The topological polar surface area (TPSA) is 87.1 Å². The van der Waals surface area contributed by atoms with Gasteiger partial charge in [-0.3, -0.25) is 14.5 Å². The van der Waals surface area contributed by atoms with E-state index in [2.05, 4.69) is 0 Å². The number of nitrogens with zero attached hydrogens (tertiary/aromatic N) is 1. The third-order valence-electron chi connectivity index (χ3n) is 6.09. The van der Waals surface area contributed by atoms with Crippen LogP contribution >= 0.6 is 11.6 Å². The van der Waals surface area contributed by atoms with Crippen LogP contribution in [-0.2, 0) is 9.59 Å². The molecule has 1 unspecified atom stereocenters. The van der Waals surface area contributed by atoms with E-state index in [-0.39, 0.29) is 22.1 Å². The molecule has 1 aliphatic heterocycles. The Hall–Kier alpha value is -4.29. The van der Waals surface area contributed by atoms with Gasteiger partial charge in [-0.05, 0) is 52.7 Å². The van der Waals surface area contributed by atoms with E-state index in [0.717, 1.165) is 10.8 Å². The average Bonchev–Trinajstić information content (AvgIpc) is 3.14.